The molecule has 0 saturated heterocycles. The molecule has 0 spiro atoms. The van der Waals surface area contributed by atoms with Crippen molar-refractivity contribution < 1.29 is 0 Å². The van der Waals surface area contributed by atoms with E-state index in [2.05, 4.69) is 0 Å². The lowest BCUT2D eigenvalue weighted by molar-refractivity contribution is 1.50. The van der Waals surface area contributed by atoms with Crippen molar-refractivity contribution in [3.05, 3.63) is 29.3 Å². The van der Waals surface area contributed by atoms with Crippen molar-refractivity contribution in [1.82, 2.24) is 0 Å². The molecule has 0 atom stereocenters. The molecule has 5 nitrogen and oxygen atoms in total. The molecule has 2 aliphatic carbocycles. The molecule has 2 rings (SSSR count). The Hall–Kier alpha value is -2.92. The Morgan fingerprint density at radius 3 is 2.06 bits per heavy atom. The van der Waals surface area contributed by atoms with Crippen LogP contribution in [0.4, 0.5) is 17.1 Å². The molecule has 0 fully saturated rings. The molecule has 82 valence electrons. The van der Waals surface area contributed by atoms with E-state index in [9.17, 15) is 0 Å². The fourth-order valence-corrected chi connectivity index (χ4v) is 1.77. The van der Waals surface area contributed by atoms with E-state index in [-0.39, 0.29) is 16.9 Å². The van der Waals surface area contributed by atoms with E-state index in [4.69, 9.17) is 27.7 Å². The lowest BCUT2D eigenvalue weighted by Gasteiger charge is -2.02. The molecule has 0 aliphatic heterocycles. The normalized spacial score (nSPS) is 9.76. The highest BCUT2D eigenvalue weighted by atomic mass is 14.7. The molecule has 6 N–H and O–H groups in total. The van der Waals surface area contributed by atoms with E-state index in [0.29, 0.717) is 22.4 Å². The zero-order valence-electron chi connectivity index (χ0n) is 8.86. The summed E-state index contributed by atoms with van der Waals surface area (Å²) >= 11 is 0. The average molecular weight is 223 g/mol. The van der Waals surface area contributed by atoms with Gasteiger partial charge in [-0.1, -0.05) is 0 Å². The summed E-state index contributed by atoms with van der Waals surface area (Å²) in [6, 6.07) is 8.64. The Bertz CT molecular complexity index is 660. The van der Waals surface area contributed by atoms with E-state index in [0.717, 1.165) is 0 Å². The average Bonchev–Trinajstić information content (AvgIpc) is 2.60. The van der Waals surface area contributed by atoms with Crippen molar-refractivity contribution in [1.29, 1.82) is 10.5 Å². The zero-order chi connectivity index (χ0) is 12.6. The van der Waals surface area contributed by atoms with Gasteiger partial charge in [-0.3, -0.25) is 0 Å². The number of anilines is 3. The molecule has 0 unspecified atom stereocenters. The Balaban J connectivity index is 2.99. The van der Waals surface area contributed by atoms with E-state index < -0.39 is 0 Å². The lowest BCUT2D eigenvalue weighted by Crippen LogP contribution is -1.95. The van der Waals surface area contributed by atoms with Gasteiger partial charge in [-0.15, -0.1) is 0 Å². The lowest BCUT2D eigenvalue weighted by atomic mass is 10.1. The van der Waals surface area contributed by atoms with Gasteiger partial charge in [-0.05, 0) is 18.2 Å². The Labute approximate surface area is 98.0 Å². The Kier molecular flexibility index (Phi) is 2.23. The van der Waals surface area contributed by atoms with Crippen LogP contribution in [0.1, 0.15) is 11.1 Å². The number of fused-ring (bicyclic) bond motifs is 1. The van der Waals surface area contributed by atoms with Gasteiger partial charge in [0.15, 0.2) is 0 Å². The summed E-state index contributed by atoms with van der Waals surface area (Å²) in [6.07, 6.45) is 0. The van der Waals surface area contributed by atoms with Crippen molar-refractivity contribution in [2.24, 2.45) is 0 Å². The van der Waals surface area contributed by atoms with E-state index in [1.165, 1.54) is 6.07 Å². The first-order valence-corrected chi connectivity index (χ1v) is 4.80. The molecule has 0 radical (unpaired) electrons. The predicted molar refractivity (Wildman–Crippen MR) is 65.7 cm³/mol. The van der Waals surface area contributed by atoms with Gasteiger partial charge in [-0.25, -0.2) is 0 Å². The molecule has 0 aromatic rings. The molecule has 0 bridgehead atoms. The summed E-state index contributed by atoms with van der Waals surface area (Å²) in [5, 5.41) is 17.9. The van der Waals surface area contributed by atoms with Crippen molar-refractivity contribution in [2.75, 3.05) is 17.2 Å². The highest BCUT2D eigenvalue weighted by Crippen LogP contribution is 2.41. The van der Waals surface area contributed by atoms with Gasteiger partial charge in [0.25, 0.3) is 0 Å². The first-order chi connectivity index (χ1) is 8.10. The van der Waals surface area contributed by atoms with Gasteiger partial charge >= 0.3 is 0 Å². The molecule has 5 heteroatoms. The smallest absolute Gasteiger partial charge is 0.101 e. The maximum atomic E-state index is 8.96. The second-order valence-corrected chi connectivity index (χ2v) is 3.60. The highest BCUT2D eigenvalue weighted by molar-refractivity contribution is 5.98. The van der Waals surface area contributed by atoms with Crippen molar-refractivity contribution in [3.63, 3.8) is 0 Å². The van der Waals surface area contributed by atoms with Crippen LogP contribution in [0.25, 0.3) is 11.1 Å². The van der Waals surface area contributed by atoms with Gasteiger partial charge in [0.1, 0.15) is 12.1 Å². The van der Waals surface area contributed by atoms with E-state index in [1.807, 2.05) is 12.1 Å². The molecule has 0 heterocycles. The minimum Gasteiger partial charge on any atom is -0.398 e. The highest BCUT2D eigenvalue weighted by Gasteiger charge is 2.19. The third kappa shape index (κ3) is 1.38. The minimum absolute atomic E-state index is 0.248. The fourth-order valence-electron chi connectivity index (χ4n) is 1.77. The largest absolute Gasteiger partial charge is 0.398 e. The molecule has 0 saturated carbocycles. The quantitative estimate of drug-likeness (QED) is 0.620. The number of nitriles is 2. The van der Waals surface area contributed by atoms with E-state index in [1.54, 1.807) is 12.1 Å². The first-order valence-electron chi connectivity index (χ1n) is 4.80. The van der Waals surface area contributed by atoms with Crippen LogP contribution in [0.3, 0.4) is 0 Å². The maximum Gasteiger partial charge on any atom is 0.101 e. The summed E-state index contributed by atoms with van der Waals surface area (Å²) in [5.41, 5.74) is 20.2. The maximum absolute atomic E-state index is 8.96. The second-order valence-electron chi connectivity index (χ2n) is 3.60. The molecular weight excluding hydrogens is 214 g/mol. The zero-order valence-corrected chi connectivity index (χ0v) is 8.86. The summed E-state index contributed by atoms with van der Waals surface area (Å²) in [6.45, 7) is 0. The second kappa shape index (κ2) is 3.58. The first kappa shape index (κ1) is 10.6. The van der Waals surface area contributed by atoms with Crippen molar-refractivity contribution in [3.8, 4) is 23.3 Å². The number of hydrogen-bond acceptors (Lipinski definition) is 5. The molecule has 2 aliphatic rings. The third-order valence-electron chi connectivity index (χ3n) is 2.66. The van der Waals surface area contributed by atoms with Crippen molar-refractivity contribution >= 4 is 17.1 Å². The van der Waals surface area contributed by atoms with Gasteiger partial charge in [0, 0.05) is 16.8 Å². The Morgan fingerprint density at radius 2 is 1.47 bits per heavy atom. The van der Waals surface area contributed by atoms with Crippen LogP contribution in [0.15, 0.2) is 18.2 Å². The number of nitrogens with two attached hydrogens (primary N) is 3. The van der Waals surface area contributed by atoms with Gasteiger partial charge in [-0.2, -0.15) is 10.5 Å². The number of nitrogens with zero attached hydrogens (tertiary/aromatic N) is 2. The molecule has 0 aromatic heterocycles. The third-order valence-corrected chi connectivity index (χ3v) is 2.66. The van der Waals surface area contributed by atoms with Crippen molar-refractivity contribution in [2.45, 2.75) is 0 Å². The summed E-state index contributed by atoms with van der Waals surface area (Å²) in [5.74, 6) is 0. The number of rotatable bonds is 0. The van der Waals surface area contributed by atoms with E-state index >= 15 is 0 Å². The van der Waals surface area contributed by atoms with Crippen LogP contribution in [0.5, 0.6) is 0 Å². The SMILES string of the molecule is N#Cc1ccc(N)c2cc(C#N)c(N)c-2c1N. The minimum atomic E-state index is 0.248. The van der Waals surface area contributed by atoms with Crippen LogP contribution in [0.2, 0.25) is 0 Å². The topological polar surface area (TPSA) is 126 Å². The molecule has 0 aromatic carbocycles. The molecule has 0 amide bonds. The fraction of sp³-hybridized carbons (Fsp3) is 0. The van der Waals surface area contributed by atoms with Crippen LogP contribution < -0.4 is 17.2 Å². The molecule has 17 heavy (non-hydrogen) atoms. The van der Waals surface area contributed by atoms with Gasteiger partial charge in [0.2, 0.25) is 0 Å². The summed E-state index contributed by atoms with van der Waals surface area (Å²) in [7, 11) is 0. The van der Waals surface area contributed by atoms with Gasteiger partial charge in [0.05, 0.1) is 22.5 Å². The van der Waals surface area contributed by atoms with Gasteiger partial charge < -0.3 is 17.2 Å². The standard InChI is InChI=1S/C12H9N5/c13-4-6-1-2-9(15)8-3-7(5-14)12(17)10(8)11(6)16/h1-3H,15-17H2. The summed E-state index contributed by atoms with van der Waals surface area (Å²) in [4.78, 5) is 0. The summed E-state index contributed by atoms with van der Waals surface area (Å²) < 4.78 is 0. The number of hydrogen-bond donors (Lipinski definition) is 3. The monoisotopic (exact) mass is 223 g/mol. The van der Waals surface area contributed by atoms with Crippen LogP contribution in [0, 0.1) is 22.7 Å². The number of nitrogen functional groups attached to an aromatic ring is 3. The van der Waals surface area contributed by atoms with Crippen LogP contribution in [-0.2, 0) is 0 Å². The van der Waals surface area contributed by atoms with Crippen LogP contribution >= 0.6 is 0 Å². The molecular formula is C12H9N5. The predicted octanol–water partition coefficient (Wildman–Crippen LogP) is 1.28. The van der Waals surface area contributed by atoms with Crippen LogP contribution in [-0.4, -0.2) is 0 Å². The Morgan fingerprint density at radius 1 is 0.882 bits per heavy atom.